The summed E-state index contributed by atoms with van der Waals surface area (Å²) < 4.78 is 10.9. The van der Waals surface area contributed by atoms with E-state index >= 15 is 0 Å². The first-order chi connectivity index (χ1) is 14.9. The van der Waals surface area contributed by atoms with Crippen molar-refractivity contribution in [1.29, 1.82) is 0 Å². The number of morpholine rings is 1. The minimum atomic E-state index is -1.11. The number of ether oxygens (including phenoxy) is 2. The van der Waals surface area contributed by atoms with E-state index < -0.39 is 23.6 Å². The molecule has 0 radical (unpaired) electrons. The van der Waals surface area contributed by atoms with Crippen LogP contribution < -0.4 is 5.32 Å². The zero-order valence-electron chi connectivity index (χ0n) is 17.8. The number of benzene rings is 2. The Balaban J connectivity index is 1.45. The number of carbonyl (C=O) groups is 2. The molecular formula is C24H28N2O5. The van der Waals surface area contributed by atoms with Crippen LogP contribution in [-0.2, 0) is 14.3 Å². The van der Waals surface area contributed by atoms with Crippen LogP contribution in [0.5, 0.6) is 0 Å². The van der Waals surface area contributed by atoms with Gasteiger partial charge in [-0.2, -0.15) is 0 Å². The number of nitrogens with one attached hydrogen (secondary N) is 1. The van der Waals surface area contributed by atoms with Gasteiger partial charge in [0.25, 0.3) is 0 Å². The molecule has 0 saturated carbocycles. The van der Waals surface area contributed by atoms with Crippen LogP contribution in [0.4, 0.5) is 4.79 Å². The fourth-order valence-corrected chi connectivity index (χ4v) is 4.62. The van der Waals surface area contributed by atoms with Crippen LogP contribution in [0.2, 0.25) is 0 Å². The molecule has 1 fully saturated rings. The monoisotopic (exact) mass is 424 g/mol. The predicted molar refractivity (Wildman–Crippen MR) is 116 cm³/mol. The highest BCUT2D eigenvalue weighted by atomic mass is 16.5. The number of hydrogen-bond acceptors (Lipinski definition) is 5. The second-order valence-corrected chi connectivity index (χ2v) is 8.49. The number of nitrogens with zero attached hydrogens (tertiary/aromatic N) is 1. The highest BCUT2D eigenvalue weighted by molar-refractivity contribution is 5.82. The number of aliphatic carboxylic acids is 1. The number of hydrogen-bond donors (Lipinski definition) is 2. The normalized spacial score (nSPS) is 17.5. The standard InChI is InChI=1S/C24H28N2O5/c1-24(2,26-11-13-30-14-12-26)21(22(27)28)25-23(29)31-15-20-18-9-5-3-7-16(18)17-8-4-6-10-19(17)20/h3-10,20-21H,11-15H2,1-2H3,(H,25,29)(H,27,28). The zero-order chi connectivity index (χ0) is 22.0. The molecule has 2 aromatic rings. The molecule has 0 spiro atoms. The number of amides is 1. The predicted octanol–water partition coefficient (Wildman–Crippen LogP) is 3.09. The molecular weight excluding hydrogens is 396 g/mol. The van der Waals surface area contributed by atoms with Crippen molar-refractivity contribution < 1.29 is 24.2 Å². The Labute approximate surface area is 182 Å². The number of carbonyl (C=O) groups excluding carboxylic acids is 1. The Morgan fingerprint density at radius 1 is 1.10 bits per heavy atom. The fourth-order valence-electron chi connectivity index (χ4n) is 4.62. The molecule has 1 unspecified atom stereocenters. The molecule has 4 rings (SSSR count). The second kappa shape index (κ2) is 8.69. The average Bonchev–Trinajstić information content (AvgIpc) is 3.10. The van der Waals surface area contributed by atoms with Gasteiger partial charge in [-0.05, 0) is 36.1 Å². The van der Waals surface area contributed by atoms with Gasteiger partial charge in [-0.3, -0.25) is 4.90 Å². The summed E-state index contributed by atoms with van der Waals surface area (Å²) in [5, 5.41) is 12.4. The number of alkyl carbamates (subject to hydrolysis) is 1. The summed E-state index contributed by atoms with van der Waals surface area (Å²) in [5.74, 6) is -1.17. The molecule has 31 heavy (non-hydrogen) atoms. The SMILES string of the molecule is CC(C)(C(NC(=O)OCC1c2ccccc2-c2ccccc21)C(=O)O)N1CCOCC1. The van der Waals surface area contributed by atoms with Crippen molar-refractivity contribution in [3.63, 3.8) is 0 Å². The van der Waals surface area contributed by atoms with Gasteiger partial charge in [0.15, 0.2) is 0 Å². The van der Waals surface area contributed by atoms with E-state index in [0.717, 1.165) is 22.3 Å². The van der Waals surface area contributed by atoms with Crippen molar-refractivity contribution in [2.24, 2.45) is 0 Å². The number of rotatable bonds is 6. The van der Waals surface area contributed by atoms with Crippen molar-refractivity contribution >= 4 is 12.1 Å². The molecule has 1 atom stereocenters. The third-order valence-electron chi connectivity index (χ3n) is 6.39. The Kier molecular flexibility index (Phi) is 5.98. The smallest absolute Gasteiger partial charge is 0.407 e. The quantitative estimate of drug-likeness (QED) is 0.741. The van der Waals surface area contributed by atoms with Crippen molar-refractivity contribution in [3.05, 3.63) is 59.7 Å². The number of fused-ring (bicyclic) bond motifs is 3. The Morgan fingerprint density at radius 3 is 2.19 bits per heavy atom. The van der Waals surface area contributed by atoms with Crippen LogP contribution in [0.25, 0.3) is 11.1 Å². The average molecular weight is 424 g/mol. The summed E-state index contributed by atoms with van der Waals surface area (Å²) in [7, 11) is 0. The van der Waals surface area contributed by atoms with Crippen LogP contribution in [0.15, 0.2) is 48.5 Å². The molecule has 2 aliphatic rings. The van der Waals surface area contributed by atoms with Crippen LogP contribution in [-0.4, -0.2) is 66.6 Å². The largest absolute Gasteiger partial charge is 0.480 e. The molecule has 1 heterocycles. The van der Waals surface area contributed by atoms with Gasteiger partial charge in [0.1, 0.15) is 12.6 Å². The minimum absolute atomic E-state index is 0.0753. The van der Waals surface area contributed by atoms with E-state index in [2.05, 4.69) is 17.4 Å². The van der Waals surface area contributed by atoms with Gasteiger partial charge in [-0.1, -0.05) is 48.5 Å². The van der Waals surface area contributed by atoms with Gasteiger partial charge in [0.2, 0.25) is 0 Å². The Bertz CT molecular complexity index is 922. The Morgan fingerprint density at radius 2 is 1.65 bits per heavy atom. The summed E-state index contributed by atoms with van der Waals surface area (Å²) in [6.45, 7) is 6.10. The minimum Gasteiger partial charge on any atom is -0.480 e. The first-order valence-electron chi connectivity index (χ1n) is 10.6. The van der Waals surface area contributed by atoms with Gasteiger partial charge in [0, 0.05) is 24.5 Å². The van der Waals surface area contributed by atoms with E-state index in [4.69, 9.17) is 9.47 Å². The molecule has 2 N–H and O–H groups in total. The van der Waals surface area contributed by atoms with Gasteiger partial charge < -0.3 is 19.9 Å². The topological polar surface area (TPSA) is 88.1 Å². The fraction of sp³-hybridized carbons (Fsp3) is 0.417. The van der Waals surface area contributed by atoms with Crippen LogP contribution in [0, 0.1) is 0 Å². The van der Waals surface area contributed by atoms with E-state index in [0.29, 0.717) is 26.3 Å². The summed E-state index contributed by atoms with van der Waals surface area (Å²) in [4.78, 5) is 26.6. The molecule has 1 saturated heterocycles. The van der Waals surface area contributed by atoms with Crippen LogP contribution >= 0.6 is 0 Å². The Hall–Kier alpha value is -2.90. The zero-order valence-corrected chi connectivity index (χ0v) is 17.8. The molecule has 164 valence electrons. The number of carboxylic acid groups (broad SMARTS) is 1. The van der Waals surface area contributed by atoms with Crippen molar-refractivity contribution in [1.82, 2.24) is 10.2 Å². The number of carboxylic acids is 1. The molecule has 0 bridgehead atoms. The van der Waals surface area contributed by atoms with E-state index in [9.17, 15) is 14.7 Å². The van der Waals surface area contributed by atoms with E-state index in [1.807, 2.05) is 55.1 Å². The highest BCUT2D eigenvalue weighted by Crippen LogP contribution is 2.44. The molecule has 1 aliphatic heterocycles. The van der Waals surface area contributed by atoms with Gasteiger partial charge in [-0.15, -0.1) is 0 Å². The van der Waals surface area contributed by atoms with Crippen LogP contribution in [0.1, 0.15) is 30.9 Å². The lowest BCUT2D eigenvalue weighted by Crippen LogP contribution is -2.64. The third-order valence-corrected chi connectivity index (χ3v) is 6.39. The summed E-state index contributed by atoms with van der Waals surface area (Å²) >= 11 is 0. The molecule has 0 aromatic heterocycles. The van der Waals surface area contributed by atoms with E-state index in [1.165, 1.54) is 0 Å². The maximum absolute atomic E-state index is 12.6. The summed E-state index contributed by atoms with van der Waals surface area (Å²) in [5.41, 5.74) is 3.72. The molecule has 1 amide bonds. The van der Waals surface area contributed by atoms with E-state index in [1.54, 1.807) is 0 Å². The van der Waals surface area contributed by atoms with Gasteiger partial charge in [0.05, 0.1) is 13.2 Å². The lowest BCUT2D eigenvalue weighted by atomic mass is 9.92. The molecule has 1 aliphatic carbocycles. The first-order valence-corrected chi connectivity index (χ1v) is 10.6. The third kappa shape index (κ3) is 4.16. The van der Waals surface area contributed by atoms with Crippen molar-refractivity contribution in [2.45, 2.75) is 31.3 Å². The lowest BCUT2D eigenvalue weighted by molar-refractivity contribution is -0.144. The highest BCUT2D eigenvalue weighted by Gasteiger charge is 2.42. The first kappa shape index (κ1) is 21.3. The van der Waals surface area contributed by atoms with E-state index in [-0.39, 0.29) is 12.5 Å². The molecule has 7 heteroatoms. The maximum Gasteiger partial charge on any atom is 0.407 e. The second-order valence-electron chi connectivity index (χ2n) is 8.49. The maximum atomic E-state index is 12.6. The van der Waals surface area contributed by atoms with Gasteiger partial charge >= 0.3 is 12.1 Å². The van der Waals surface area contributed by atoms with Crippen LogP contribution in [0.3, 0.4) is 0 Å². The molecule has 2 aromatic carbocycles. The molecule has 7 nitrogen and oxygen atoms in total. The summed E-state index contributed by atoms with van der Waals surface area (Å²) in [6.07, 6.45) is -0.726. The summed E-state index contributed by atoms with van der Waals surface area (Å²) in [6, 6.07) is 15.1. The van der Waals surface area contributed by atoms with Gasteiger partial charge in [-0.25, -0.2) is 9.59 Å². The lowest BCUT2D eigenvalue weighted by Gasteiger charge is -2.43. The van der Waals surface area contributed by atoms with Crippen molar-refractivity contribution in [2.75, 3.05) is 32.9 Å². The van der Waals surface area contributed by atoms with Crippen molar-refractivity contribution in [3.8, 4) is 11.1 Å².